The fraction of sp³-hybridized carbons (Fsp3) is 0.500. The lowest BCUT2D eigenvalue weighted by atomic mass is 10.0. The summed E-state index contributed by atoms with van der Waals surface area (Å²) in [5, 5.41) is 17.6. The Morgan fingerprint density at radius 1 is 1.50 bits per heavy atom. The second kappa shape index (κ2) is 5.08. The normalized spacial score (nSPS) is 26.1. The number of aliphatic hydroxyl groups is 1. The molecule has 0 aromatic heterocycles. The highest BCUT2D eigenvalue weighted by Gasteiger charge is 2.35. The molecule has 2 atom stereocenters. The summed E-state index contributed by atoms with van der Waals surface area (Å²) in [6, 6.07) is 10.2. The van der Waals surface area contributed by atoms with Crippen LogP contribution in [-0.2, 0) is 0 Å². The van der Waals surface area contributed by atoms with Crippen molar-refractivity contribution in [3.05, 3.63) is 35.9 Å². The molecule has 1 heterocycles. The van der Waals surface area contributed by atoms with Crippen LogP contribution in [0.5, 0.6) is 0 Å². The molecule has 0 amide bonds. The van der Waals surface area contributed by atoms with Crippen molar-refractivity contribution in [2.24, 2.45) is 5.73 Å². The van der Waals surface area contributed by atoms with Crippen molar-refractivity contribution in [1.29, 1.82) is 5.41 Å². The maximum Gasteiger partial charge on any atom is 0.0924 e. The van der Waals surface area contributed by atoms with Crippen LogP contribution in [0.2, 0.25) is 0 Å². The third-order valence-corrected chi connectivity index (χ3v) is 3.52. The van der Waals surface area contributed by atoms with Gasteiger partial charge < -0.3 is 10.8 Å². The standard InChI is InChI=1S/C14H21N3O/c1-14(18)7-8-17(10-14)12(9-13(15)16)11-5-3-2-4-6-11/h2-6,12,18H,7-10H2,1H3,(H3,15,16). The Morgan fingerprint density at radius 2 is 2.17 bits per heavy atom. The van der Waals surface area contributed by atoms with Crippen molar-refractivity contribution >= 4 is 5.84 Å². The van der Waals surface area contributed by atoms with Crippen LogP contribution >= 0.6 is 0 Å². The van der Waals surface area contributed by atoms with Crippen LogP contribution in [0.3, 0.4) is 0 Å². The summed E-state index contributed by atoms with van der Waals surface area (Å²) < 4.78 is 0. The first-order chi connectivity index (χ1) is 8.48. The first kappa shape index (κ1) is 13.1. The van der Waals surface area contributed by atoms with E-state index in [-0.39, 0.29) is 11.9 Å². The molecule has 2 rings (SSSR count). The summed E-state index contributed by atoms with van der Waals surface area (Å²) in [5.74, 6) is 0.190. The minimum Gasteiger partial charge on any atom is -0.389 e. The molecule has 2 unspecified atom stereocenters. The molecule has 1 aliphatic heterocycles. The molecular formula is C14H21N3O. The minimum absolute atomic E-state index is 0.0951. The van der Waals surface area contributed by atoms with Crippen molar-refractivity contribution in [2.45, 2.75) is 31.4 Å². The van der Waals surface area contributed by atoms with Gasteiger partial charge in [0.25, 0.3) is 0 Å². The monoisotopic (exact) mass is 247 g/mol. The van der Waals surface area contributed by atoms with E-state index in [2.05, 4.69) is 17.0 Å². The quantitative estimate of drug-likeness (QED) is 0.558. The molecule has 0 bridgehead atoms. The van der Waals surface area contributed by atoms with Crippen molar-refractivity contribution in [2.75, 3.05) is 13.1 Å². The van der Waals surface area contributed by atoms with E-state index >= 15 is 0 Å². The van der Waals surface area contributed by atoms with Gasteiger partial charge in [0.2, 0.25) is 0 Å². The lowest BCUT2D eigenvalue weighted by molar-refractivity contribution is 0.0625. The van der Waals surface area contributed by atoms with E-state index in [9.17, 15) is 5.11 Å². The first-order valence-electron chi connectivity index (χ1n) is 6.32. The molecule has 1 fully saturated rings. The van der Waals surface area contributed by atoms with Crippen molar-refractivity contribution < 1.29 is 5.11 Å². The largest absolute Gasteiger partial charge is 0.389 e. The summed E-state index contributed by atoms with van der Waals surface area (Å²) in [6.45, 7) is 3.35. The van der Waals surface area contributed by atoms with Crippen LogP contribution in [0.15, 0.2) is 30.3 Å². The molecule has 98 valence electrons. The predicted octanol–water partition coefficient (Wildman–Crippen LogP) is 1.51. The molecule has 1 saturated heterocycles. The molecule has 1 aromatic rings. The van der Waals surface area contributed by atoms with Crippen molar-refractivity contribution in [3.63, 3.8) is 0 Å². The summed E-state index contributed by atoms with van der Waals surface area (Å²) in [6.07, 6.45) is 1.29. The number of hydrogen-bond donors (Lipinski definition) is 3. The lowest BCUT2D eigenvalue weighted by Gasteiger charge is -2.28. The Kier molecular flexibility index (Phi) is 3.68. The van der Waals surface area contributed by atoms with E-state index in [1.807, 2.05) is 25.1 Å². The smallest absolute Gasteiger partial charge is 0.0924 e. The number of likely N-dealkylation sites (tertiary alicyclic amines) is 1. The van der Waals surface area contributed by atoms with Gasteiger partial charge in [-0.25, -0.2) is 0 Å². The molecule has 4 N–H and O–H groups in total. The number of β-amino-alcohol motifs (C(OH)–C–C–N with tert-alkyl or cyclic N) is 1. The highest BCUT2D eigenvalue weighted by atomic mass is 16.3. The Bertz CT molecular complexity index is 416. The van der Waals surface area contributed by atoms with Crippen LogP contribution in [-0.4, -0.2) is 34.5 Å². The average molecular weight is 247 g/mol. The van der Waals surface area contributed by atoms with Crippen LogP contribution in [0, 0.1) is 5.41 Å². The summed E-state index contributed by atoms with van der Waals surface area (Å²) >= 11 is 0. The number of hydrogen-bond acceptors (Lipinski definition) is 3. The van der Waals surface area contributed by atoms with Gasteiger partial charge in [-0.3, -0.25) is 10.3 Å². The number of nitrogens with one attached hydrogen (secondary N) is 1. The van der Waals surface area contributed by atoms with Crippen molar-refractivity contribution in [1.82, 2.24) is 4.90 Å². The van der Waals surface area contributed by atoms with Gasteiger partial charge in [-0.2, -0.15) is 0 Å². The average Bonchev–Trinajstić information content (AvgIpc) is 2.67. The predicted molar refractivity (Wildman–Crippen MR) is 72.5 cm³/mol. The highest BCUT2D eigenvalue weighted by molar-refractivity contribution is 5.77. The van der Waals surface area contributed by atoms with E-state index in [1.165, 1.54) is 0 Å². The van der Waals surface area contributed by atoms with E-state index in [4.69, 9.17) is 11.1 Å². The number of benzene rings is 1. The van der Waals surface area contributed by atoms with Crippen LogP contribution in [0.4, 0.5) is 0 Å². The zero-order valence-corrected chi connectivity index (χ0v) is 10.8. The summed E-state index contributed by atoms with van der Waals surface area (Å²) in [7, 11) is 0. The highest BCUT2D eigenvalue weighted by Crippen LogP contribution is 2.31. The summed E-state index contributed by atoms with van der Waals surface area (Å²) in [5.41, 5.74) is 6.10. The van der Waals surface area contributed by atoms with Crippen LogP contribution in [0.25, 0.3) is 0 Å². The molecule has 4 nitrogen and oxygen atoms in total. The Balaban J connectivity index is 2.19. The maximum absolute atomic E-state index is 10.1. The van der Waals surface area contributed by atoms with Gasteiger partial charge in [-0.05, 0) is 18.9 Å². The van der Waals surface area contributed by atoms with E-state index in [0.717, 1.165) is 18.5 Å². The molecule has 18 heavy (non-hydrogen) atoms. The Labute approximate surface area is 108 Å². The van der Waals surface area contributed by atoms with E-state index in [1.54, 1.807) is 0 Å². The molecule has 4 heteroatoms. The van der Waals surface area contributed by atoms with E-state index in [0.29, 0.717) is 13.0 Å². The number of nitrogens with two attached hydrogens (primary N) is 1. The second-order valence-corrected chi connectivity index (χ2v) is 5.37. The number of nitrogens with zero attached hydrogens (tertiary/aromatic N) is 1. The van der Waals surface area contributed by atoms with Gasteiger partial charge in [0.1, 0.15) is 0 Å². The van der Waals surface area contributed by atoms with Gasteiger partial charge >= 0.3 is 0 Å². The molecule has 0 spiro atoms. The molecule has 0 saturated carbocycles. The molecular weight excluding hydrogens is 226 g/mol. The van der Waals surface area contributed by atoms with Crippen LogP contribution < -0.4 is 5.73 Å². The third-order valence-electron chi connectivity index (χ3n) is 3.52. The molecule has 1 aromatic carbocycles. The van der Waals surface area contributed by atoms with Crippen LogP contribution in [0.1, 0.15) is 31.4 Å². The zero-order valence-electron chi connectivity index (χ0n) is 10.8. The zero-order chi connectivity index (χ0) is 13.2. The Morgan fingerprint density at radius 3 is 2.67 bits per heavy atom. The lowest BCUT2D eigenvalue weighted by Crippen LogP contribution is -2.34. The Hall–Kier alpha value is -1.39. The van der Waals surface area contributed by atoms with Gasteiger partial charge in [0.05, 0.1) is 11.4 Å². The third kappa shape index (κ3) is 3.09. The first-order valence-corrected chi connectivity index (χ1v) is 6.32. The van der Waals surface area contributed by atoms with Gasteiger partial charge in [0, 0.05) is 25.6 Å². The molecule has 1 aliphatic rings. The van der Waals surface area contributed by atoms with E-state index < -0.39 is 5.60 Å². The SMILES string of the molecule is CC1(O)CCN(C(CC(=N)N)c2ccccc2)C1. The van der Waals surface area contributed by atoms with Gasteiger partial charge in [-0.1, -0.05) is 30.3 Å². The topological polar surface area (TPSA) is 73.3 Å². The van der Waals surface area contributed by atoms with Gasteiger partial charge in [0.15, 0.2) is 0 Å². The maximum atomic E-state index is 10.1. The minimum atomic E-state index is -0.621. The van der Waals surface area contributed by atoms with Gasteiger partial charge in [-0.15, -0.1) is 0 Å². The molecule has 0 radical (unpaired) electrons. The number of amidine groups is 1. The number of rotatable bonds is 4. The molecule has 0 aliphatic carbocycles. The summed E-state index contributed by atoms with van der Waals surface area (Å²) in [4.78, 5) is 2.22. The van der Waals surface area contributed by atoms with Crippen molar-refractivity contribution in [3.8, 4) is 0 Å². The fourth-order valence-corrected chi connectivity index (χ4v) is 2.59. The second-order valence-electron chi connectivity index (χ2n) is 5.37. The fourth-order valence-electron chi connectivity index (χ4n) is 2.59.